The van der Waals surface area contributed by atoms with Gasteiger partial charge in [-0.2, -0.15) is 0 Å². The maximum atomic E-state index is 12.6. The Morgan fingerprint density at radius 3 is 2.55 bits per heavy atom. The molecule has 1 aliphatic rings. The van der Waals surface area contributed by atoms with Crippen molar-refractivity contribution in [2.24, 2.45) is 5.16 Å². The molecule has 1 aliphatic heterocycles. The van der Waals surface area contributed by atoms with Crippen LogP contribution in [0.5, 0.6) is 11.5 Å². The molecule has 0 radical (unpaired) electrons. The zero-order chi connectivity index (χ0) is 24.5. The van der Waals surface area contributed by atoms with Gasteiger partial charge in [0.1, 0.15) is 47.6 Å². The third kappa shape index (κ3) is 4.43. The second-order valence-electron chi connectivity index (χ2n) is 8.18. The number of hydrogen-bond donors (Lipinski definition) is 3. The van der Waals surface area contributed by atoms with Crippen LogP contribution < -0.4 is 10.4 Å². The molecular weight excluding hydrogens is 434 g/mol. The number of benzene rings is 1. The van der Waals surface area contributed by atoms with Crippen molar-refractivity contribution in [2.75, 3.05) is 13.7 Å². The van der Waals surface area contributed by atoms with Crippen molar-refractivity contribution in [3.8, 4) is 11.5 Å². The minimum Gasteiger partial charge on any atom is -0.506 e. The first-order chi connectivity index (χ1) is 15.6. The Hall–Kier alpha value is -2.66. The average Bonchev–Trinajstić information content (AvgIpc) is 2.78. The van der Waals surface area contributed by atoms with Crippen LogP contribution in [0, 0.1) is 6.92 Å². The fraction of sp³-hybridized carbons (Fsp3) is 0.565. The first-order valence-corrected chi connectivity index (χ1v) is 10.8. The Labute approximate surface area is 191 Å². The zero-order valence-electron chi connectivity index (χ0n) is 19.6. The van der Waals surface area contributed by atoms with Crippen LogP contribution in [0.4, 0.5) is 0 Å². The quantitative estimate of drug-likeness (QED) is 0.319. The number of methoxy groups -OCH3 is 1. The number of hydrogen-bond acceptors (Lipinski definition) is 10. The fourth-order valence-corrected chi connectivity index (χ4v) is 4.02. The lowest BCUT2D eigenvalue weighted by atomic mass is 9.86. The van der Waals surface area contributed by atoms with E-state index in [4.69, 9.17) is 23.5 Å². The van der Waals surface area contributed by atoms with Gasteiger partial charge in [0.15, 0.2) is 0 Å². The largest absolute Gasteiger partial charge is 0.506 e. The molecule has 0 amide bonds. The van der Waals surface area contributed by atoms with Crippen molar-refractivity contribution in [3.05, 3.63) is 33.7 Å². The predicted octanol–water partition coefficient (Wildman–Crippen LogP) is 2.21. The van der Waals surface area contributed by atoms with Gasteiger partial charge in [0, 0.05) is 12.7 Å². The lowest BCUT2D eigenvalue weighted by Crippen LogP contribution is -2.64. The summed E-state index contributed by atoms with van der Waals surface area (Å²) in [6.07, 6.45) is -4.07. The number of ether oxygens (including phenoxy) is 3. The van der Waals surface area contributed by atoms with E-state index in [-0.39, 0.29) is 33.7 Å². The molecule has 10 heteroatoms. The molecule has 2 aromatic rings. The van der Waals surface area contributed by atoms with Gasteiger partial charge in [-0.3, -0.25) is 0 Å². The topological polar surface area (TPSA) is 140 Å². The molecule has 5 atom stereocenters. The highest BCUT2D eigenvalue weighted by molar-refractivity contribution is 6.04. The predicted molar refractivity (Wildman–Crippen MR) is 120 cm³/mol. The molecule has 1 saturated heterocycles. The Balaban J connectivity index is 2.00. The first kappa shape index (κ1) is 25.0. The van der Waals surface area contributed by atoms with Gasteiger partial charge in [-0.15, -0.1) is 0 Å². The van der Waals surface area contributed by atoms with Crippen LogP contribution in [-0.4, -0.2) is 65.0 Å². The Kier molecular flexibility index (Phi) is 7.32. The number of aliphatic hydroxyl groups is 2. The van der Waals surface area contributed by atoms with Crippen LogP contribution in [0.2, 0.25) is 0 Å². The van der Waals surface area contributed by atoms with Crippen molar-refractivity contribution in [1.82, 2.24) is 0 Å². The SMILES string of the molecule is CCON=C(C)c1c(O)c2ccc(O[C@@H]3O[C@@](C)(CC)[C@H](OC)[C@@H](O)[C@H]3O)c(C)c2oc1=O. The molecule has 0 saturated carbocycles. The third-order valence-corrected chi connectivity index (χ3v) is 6.06. The van der Waals surface area contributed by atoms with Crippen LogP contribution in [0.15, 0.2) is 26.5 Å². The maximum Gasteiger partial charge on any atom is 0.349 e. The molecule has 3 rings (SSSR count). The van der Waals surface area contributed by atoms with E-state index in [0.717, 1.165) is 0 Å². The molecule has 0 bridgehead atoms. The molecule has 1 aromatic heterocycles. The lowest BCUT2D eigenvalue weighted by Gasteiger charge is -2.47. The molecule has 1 aromatic carbocycles. The van der Waals surface area contributed by atoms with Crippen LogP contribution in [0.3, 0.4) is 0 Å². The number of aliphatic hydroxyl groups excluding tert-OH is 2. The fourth-order valence-electron chi connectivity index (χ4n) is 4.02. The van der Waals surface area contributed by atoms with E-state index in [9.17, 15) is 20.1 Å². The monoisotopic (exact) mass is 465 g/mol. The Bertz CT molecular complexity index is 1100. The molecule has 3 N–H and O–H groups in total. The summed E-state index contributed by atoms with van der Waals surface area (Å²) >= 11 is 0. The molecule has 33 heavy (non-hydrogen) atoms. The molecule has 0 spiro atoms. The summed E-state index contributed by atoms with van der Waals surface area (Å²) in [5.74, 6) is -0.0363. The van der Waals surface area contributed by atoms with Crippen molar-refractivity contribution in [3.63, 3.8) is 0 Å². The number of nitrogens with zero attached hydrogens (tertiary/aromatic N) is 1. The summed E-state index contributed by atoms with van der Waals surface area (Å²) in [7, 11) is 1.44. The van der Waals surface area contributed by atoms with Gasteiger partial charge >= 0.3 is 5.63 Å². The standard InChI is InChI=1S/C23H31NO9/c1-7-23(5)20(29-6)17(26)18(27)22(33-23)31-14-10-9-13-16(25)15(12(4)24-30-8-2)21(28)32-19(13)11(14)3/h9-10,17-18,20,22,25-27H,7-8H2,1-6H3/t17-,18+,20+,22+,23-/m0/s1. The highest BCUT2D eigenvalue weighted by atomic mass is 16.7. The number of rotatable bonds is 7. The summed E-state index contributed by atoms with van der Waals surface area (Å²) in [5, 5.41) is 35.9. The Morgan fingerprint density at radius 1 is 1.24 bits per heavy atom. The number of aromatic hydroxyl groups is 1. The molecule has 0 aliphatic carbocycles. The minimum atomic E-state index is -1.38. The van der Waals surface area contributed by atoms with E-state index in [2.05, 4.69) is 5.16 Å². The van der Waals surface area contributed by atoms with Crippen molar-refractivity contribution in [2.45, 2.75) is 71.2 Å². The van der Waals surface area contributed by atoms with Crippen LogP contribution >= 0.6 is 0 Å². The molecule has 2 heterocycles. The third-order valence-electron chi connectivity index (χ3n) is 6.06. The molecule has 182 valence electrons. The summed E-state index contributed by atoms with van der Waals surface area (Å²) in [5.41, 5.74) is -1.08. The van der Waals surface area contributed by atoms with E-state index in [0.29, 0.717) is 18.6 Å². The smallest absolute Gasteiger partial charge is 0.349 e. The maximum absolute atomic E-state index is 12.6. The van der Waals surface area contributed by atoms with Crippen molar-refractivity contribution >= 4 is 16.7 Å². The van der Waals surface area contributed by atoms with Gasteiger partial charge in [0.2, 0.25) is 6.29 Å². The lowest BCUT2D eigenvalue weighted by molar-refractivity contribution is -0.311. The summed E-state index contributed by atoms with van der Waals surface area (Å²) < 4.78 is 22.7. The van der Waals surface area contributed by atoms with Crippen LogP contribution in [0.1, 0.15) is 45.2 Å². The van der Waals surface area contributed by atoms with Crippen molar-refractivity contribution < 1.29 is 38.8 Å². The molecule has 10 nitrogen and oxygen atoms in total. The Morgan fingerprint density at radius 2 is 1.94 bits per heavy atom. The molecule has 1 fully saturated rings. The minimum absolute atomic E-state index is 0.0949. The molecular formula is C23H31NO9. The highest BCUT2D eigenvalue weighted by Gasteiger charge is 2.52. The van der Waals surface area contributed by atoms with E-state index in [1.165, 1.54) is 20.1 Å². The van der Waals surface area contributed by atoms with Gasteiger partial charge in [0.05, 0.1) is 16.7 Å². The van der Waals surface area contributed by atoms with E-state index in [1.54, 1.807) is 26.8 Å². The second kappa shape index (κ2) is 9.68. The second-order valence-corrected chi connectivity index (χ2v) is 8.18. The molecule has 0 unspecified atom stereocenters. The number of fused-ring (bicyclic) bond motifs is 1. The number of oxime groups is 1. The van der Waals surface area contributed by atoms with Crippen molar-refractivity contribution in [1.29, 1.82) is 0 Å². The van der Waals surface area contributed by atoms with E-state index in [1.807, 2.05) is 6.92 Å². The summed E-state index contributed by atoms with van der Waals surface area (Å²) in [4.78, 5) is 17.6. The van der Waals surface area contributed by atoms with Gasteiger partial charge in [-0.05, 0) is 46.2 Å². The summed E-state index contributed by atoms with van der Waals surface area (Å²) in [6, 6.07) is 3.08. The van der Waals surface area contributed by atoms with Gasteiger partial charge < -0.3 is 38.8 Å². The van der Waals surface area contributed by atoms with Gasteiger partial charge in [0.25, 0.3) is 0 Å². The summed E-state index contributed by atoms with van der Waals surface area (Å²) in [6.45, 7) is 8.87. The van der Waals surface area contributed by atoms with E-state index >= 15 is 0 Å². The van der Waals surface area contributed by atoms with Crippen LogP contribution in [0.25, 0.3) is 11.0 Å². The first-order valence-electron chi connectivity index (χ1n) is 10.8. The highest BCUT2D eigenvalue weighted by Crippen LogP contribution is 2.38. The number of aryl methyl sites for hydroxylation is 1. The van der Waals surface area contributed by atoms with E-state index < -0.39 is 35.8 Å². The normalized spacial score (nSPS) is 28.2. The van der Waals surface area contributed by atoms with Gasteiger partial charge in [-0.1, -0.05) is 12.1 Å². The zero-order valence-corrected chi connectivity index (χ0v) is 19.6. The van der Waals surface area contributed by atoms with Crippen LogP contribution in [-0.2, 0) is 14.3 Å². The average molecular weight is 465 g/mol. The van der Waals surface area contributed by atoms with Gasteiger partial charge in [-0.25, -0.2) is 4.79 Å².